The van der Waals surface area contributed by atoms with Crippen LogP contribution in [0.15, 0.2) is 18.2 Å². The third kappa shape index (κ3) is 6.22. The van der Waals surface area contributed by atoms with Crippen molar-refractivity contribution < 1.29 is 14.3 Å². The minimum absolute atomic E-state index is 0.0105. The number of likely N-dealkylation sites (N-methyl/N-ethyl adjacent to an activating group) is 1. The fourth-order valence-corrected chi connectivity index (χ4v) is 4.27. The Morgan fingerprint density at radius 1 is 1.14 bits per heavy atom. The highest BCUT2D eigenvalue weighted by atomic mass is 16.5. The molecule has 0 spiro atoms. The van der Waals surface area contributed by atoms with Crippen LogP contribution in [0.2, 0.25) is 0 Å². The second kappa shape index (κ2) is 11.2. The second-order valence-electron chi connectivity index (χ2n) is 8.25. The maximum absolute atomic E-state index is 13.0. The molecule has 1 aromatic rings. The number of nitrogens with zero attached hydrogens (tertiary/aromatic N) is 2. The van der Waals surface area contributed by atoms with E-state index in [9.17, 15) is 9.59 Å². The topological polar surface area (TPSA) is 49.9 Å². The normalized spacial score (nSPS) is 15.6. The molecular formula is C24H38N2O3. The number of carbonyl (C=O) groups excluding carboxylic acids is 2. The van der Waals surface area contributed by atoms with Crippen molar-refractivity contribution in [2.24, 2.45) is 5.92 Å². The summed E-state index contributed by atoms with van der Waals surface area (Å²) in [7, 11) is 1.95. The third-order valence-electron chi connectivity index (χ3n) is 6.24. The highest BCUT2D eigenvalue weighted by Gasteiger charge is 2.26. The summed E-state index contributed by atoms with van der Waals surface area (Å²) in [6, 6.07) is 6.26. The average molecular weight is 403 g/mol. The minimum Gasteiger partial charge on any atom is -0.483 e. The van der Waals surface area contributed by atoms with Gasteiger partial charge in [-0.05, 0) is 57.2 Å². The predicted octanol–water partition coefficient (Wildman–Crippen LogP) is 4.21. The van der Waals surface area contributed by atoms with Gasteiger partial charge in [-0.1, -0.05) is 38.3 Å². The van der Waals surface area contributed by atoms with Crippen LogP contribution in [-0.2, 0) is 16.0 Å². The number of ether oxygens (including phenoxy) is 1. The van der Waals surface area contributed by atoms with Gasteiger partial charge in [0.1, 0.15) is 5.75 Å². The molecule has 0 aliphatic heterocycles. The van der Waals surface area contributed by atoms with E-state index >= 15 is 0 Å². The Kier molecular flexibility index (Phi) is 8.99. The van der Waals surface area contributed by atoms with Gasteiger partial charge in [-0.3, -0.25) is 9.59 Å². The molecule has 1 unspecified atom stereocenters. The van der Waals surface area contributed by atoms with Crippen LogP contribution in [0.5, 0.6) is 5.75 Å². The maximum atomic E-state index is 13.0. The number of carbonyl (C=O) groups is 2. The van der Waals surface area contributed by atoms with E-state index in [0.29, 0.717) is 31.3 Å². The van der Waals surface area contributed by atoms with Crippen molar-refractivity contribution in [1.29, 1.82) is 0 Å². The molecule has 1 aromatic carbocycles. The number of rotatable bonds is 9. The van der Waals surface area contributed by atoms with E-state index in [-0.39, 0.29) is 24.3 Å². The molecule has 0 saturated heterocycles. The first-order valence-corrected chi connectivity index (χ1v) is 11.1. The van der Waals surface area contributed by atoms with Crippen LogP contribution < -0.4 is 4.74 Å². The standard InChI is InChI=1S/C24H38N2O3/c1-6-26(7-2)23(27)17-29-22-15-11-12-18(3)21(22)16-19(4)24(28)25(5)20-13-9-8-10-14-20/h11-12,15,19-20H,6-10,13-14,16-17H2,1-5H3. The molecule has 2 amide bonds. The lowest BCUT2D eigenvalue weighted by molar-refractivity contribution is -0.136. The number of hydrogen-bond donors (Lipinski definition) is 0. The molecule has 1 aliphatic carbocycles. The number of aryl methyl sites for hydroxylation is 1. The number of hydrogen-bond acceptors (Lipinski definition) is 3. The molecule has 1 saturated carbocycles. The molecule has 0 heterocycles. The van der Waals surface area contributed by atoms with Crippen LogP contribution in [0.1, 0.15) is 64.0 Å². The molecule has 1 aliphatic rings. The van der Waals surface area contributed by atoms with E-state index in [0.717, 1.165) is 24.0 Å². The second-order valence-corrected chi connectivity index (χ2v) is 8.25. The number of amides is 2. The number of benzene rings is 1. The van der Waals surface area contributed by atoms with Crippen LogP contribution in [0.25, 0.3) is 0 Å². The minimum atomic E-state index is -0.121. The molecule has 0 radical (unpaired) electrons. The summed E-state index contributed by atoms with van der Waals surface area (Å²) in [4.78, 5) is 29.1. The van der Waals surface area contributed by atoms with Crippen molar-refractivity contribution in [1.82, 2.24) is 9.80 Å². The van der Waals surface area contributed by atoms with E-state index in [4.69, 9.17) is 4.74 Å². The van der Waals surface area contributed by atoms with Gasteiger partial charge in [0.05, 0.1) is 0 Å². The molecule has 5 nitrogen and oxygen atoms in total. The lowest BCUT2D eigenvalue weighted by Crippen LogP contribution is -2.41. The summed E-state index contributed by atoms with van der Waals surface area (Å²) in [5.41, 5.74) is 2.12. The molecule has 0 N–H and O–H groups in total. The van der Waals surface area contributed by atoms with Crippen molar-refractivity contribution in [2.75, 3.05) is 26.7 Å². The molecule has 2 rings (SSSR count). The van der Waals surface area contributed by atoms with Gasteiger partial charge in [0.15, 0.2) is 6.61 Å². The quantitative estimate of drug-likeness (QED) is 0.622. The molecule has 1 fully saturated rings. The molecule has 1 atom stereocenters. The van der Waals surface area contributed by atoms with Crippen LogP contribution >= 0.6 is 0 Å². The summed E-state index contributed by atoms with van der Waals surface area (Å²) < 4.78 is 5.91. The average Bonchev–Trinajstić information content (AvgIpc) is 2.74. The Morgan fingerprint density at radius 3 is 2.41 bits per heavy atom. The summed E-state index contributed by atoms with van der Waals surface area (Å²) in [5, 5.41) is 0. The fourth-order valence-electron chi connectivity index (χ4n) is 4.27. The van der Waals surface area contributed by atoms with Crippen LogP contribution in [-0.4, -0.2) is 54.4 Å². The lowest BCUT2D eigenvalue weighted by atomic mass is 9.92. The van der Waals surface area contributed by atoms with E-state index in [1.54, 1.807) is 4.90 Å². The lowest BCUT2D eigenvalue weighted by Gasteiger charge is -2.33. The summed E-state index contributed by atoms with van der Waals surface area (Å²) in [6.07, 6.45) is 6.56. The SMILES string of the molecule is CCN(CC)C(=O)COc1cccc(C)c1CC(C)C(=O)N(C)C1CCCCC1. The van der Waals surface area contributed by atoms with Crippen LogP contribution in [0, 0.1) is 12.8 Å². The van der Waals surface area contributed by atoms with E-state index in [1.165, 1.54) is 19.3 Å². The summed E-state index contributed by atoms with van der Waals surface area (Å²) in [5.74, 6) is 0.781. The zero-order valence-corrected chi connectivity index (χ0v) is 18.9. The Hall–Kier alpha value is -2.04. The molecule has 29 heavy (non-hydrogen) atoms. The zero-order chi connectivity index (χ0) is 21.4. The van der Waals surface area contributed by atoms with Gasteiger partial charge in [0.2, 0.25) is 5.91 Å². The van der Waals surface area contributed by atoms with Crippen molar-refractivity contribution >= 4 is 11.8 Å². The van der Waals surface area contributed by atoms with E-state index in [1.807, 2.05) is 57.8 Å². The smallest absolute Gasteiger partial charge is 0.260 e. The predicted molar refractivity (Wildman–Crippen MR) is 117 cm³/mol. The summed E-state index contributed by atoms with van der Waals surface area (Å²) in [6.45, 7) is 9.36. The van der Waals surface area contributed by atoms with Crippen LogP contribution in [0.4, 0.5) is 0 Å². The Bertz CT molecular complexity index is 679. The van der Waals surface area contributed by atoms with Crippen molar-refractivity contribution in [3.05, 3.63) is 29.3 Å². The van der Waals surface area contributed by atoms with Gasteiger partial charge in [0.25, 0.3) is 5.91 Å². The first-order chi connectivity index (χ1) is 13.9. The fraction of sp³-hybridized carbons (Fsp3) is 0.667. The largest absolute Gasteiger partial charge is 0.483 e. The first-order valence-electron chi connectivity index (χ1n) is 11.1. The molecule has 5 heteroatoms. The van der Waals surface area contributed by atoms with Gasteiger partial charge in [0, 0.05) is 32.1 Å². The van der Waals surface area contributed by atoms with Gasteiger partial charge < -0.3 is 14.5 Å². The Labute approximate surface area is 176 Å². The van der Waals surface area contributed by atoms with Gasteiger partial charge in [-0.25, -0.2) is 0 Å². The van der Waals surface area contributed by atoms with Gasteiger partial charge in [-0.2, -0.15) is 0 Å². The van der Waals surface area contributed by atoms with Crippen molar-refractivity contribution in [3.63, 3.8) is 0 Å². The van der Waals surface area contributed by atoms with Crippen molar-refractivity contribution in [2.45, 2.75) is 72.3 Å². The monoisotopic (exact) mass is 402 g/mol. The molecule has 162 valence electrons. The van der Waals surface area contributed by atoms with Crippen LogP contribution in [0.3, 0.4) is 0 Å². The highest BCUT2D eigenvalue weighted by Crippen LogP contribution is 2.28. The Balaban J connectivity index is 2.05. The van der Waals surface area contributed by atoms with E-state index in [2.05, 4.69) is 0 Å². The third-order valence-corrected chi connectivity index (χ3v) is 6.24. The Morgan fingerprint density at radius 2 is 1.79 bits per heavy atom. The summed E-state index contributed by atoms with van der Waals surface area (Å²) >= 11 is 0. The van der Waals surface area contributed by atoms with E-state index < -0.39 is 0 Å². The van der Waals surface area contributed by atoms with Crippen molar-refractivity contribution in [3.8, 4) is 5.75 Å². The zero-order valence-electron chi connectivity index (χ0n) is 18.9. The molecule has 0 aromatic heterocycles. The maximum Gasteiger partial charge on any atom is 0.260 e. The van der Waals surface area contributed by atoms with Gasteiger partial charge >= 0.3 is 0 Å². The molecular weight excluding hydrogens is 364 g/mol. The highest BCUT2D eigenvalue weighted by molar-refractivity contribution is 5.79. The van der Waals surface area contributed by atoms with Gasteiger partial charge in [-0.15, -0.1) is 0 Å². The first kappa shape index (κ1) is 23.2. The molecule has 0 bridgehead atoms.